The van der Waals surface area contributed by atoms with Crippen LogP contribution < -0.4 is 10.9 Å². The molecule has 1 aromatic heterocycles. The number of rotatable bonds is 5. The molecule has 0 spiro atoms. The second kappa shape index (κ2) is 9.51. The summed E-state index contributed by atoms with van der Waals surface area (Å²) in [7, 11) is 0. The molecule has 0 bridgehead atoms. The first kappa shape index (κ1) is 23.2. The van der Waals surface area contributed by atoms with Gasteiger partial charge in [0.25, 0.3) is 5.56 Å². The van der Waals surface area contributed by atoms with Gasteiger partial charge in [0.2, 0.25) is 0 Å². The van der Waals surface area contributed by atoms with E-state index in [1.165, 1.54) is 0 Å². The van der Waals surface area contributed by atoms with Gasteiger partial charge in [-0.15, -0.1) is 0 Å². The van der Waals surface area contributed by atoms with Gasteiger partial charge >= 0.3 is 6.03 Å². The predicted octanol–water partition coefficient (Wildman–Crippen LogP) is 5.93. The van der Waals surface area contributed by atoms with Crippen molar-refractivity contribution in [1.82, 2.24) is 14.5 Å². The Labute approximate surface area is 199 Å². The number of para-hydroxylation sites is 2. The van der Waals surface area contributed by atoms with Gasteiger partial charge in [-0.05, 0) is 70.0 Å². The molecule has 174 valence electrons. The lowest BCUT2D eigenvalue weighted by Gasteiger charge is -2.30. The Morgan fingerprint density at radius 3 is 2.26 bits per heavy atom. The largest absolute Gasteiger partial charge is 0.322 e. The van der Waals surface area contributed by atoms with Gasteiger partial charge in [-0.3, -0.25) is 9.36 Å². The molecule has 0 radical (unpaired) electrons. The molecule has 2 amide bonds. The number of hydrogen-bond acceptors (Lipinski definition) is 3. The first-order valence-electron chi connectivity index (χ1n) is 11.5. The van der Waals surface area contributed by atoms with Gasteiger partial charge in [0, 0.05) is 12.2 Å². The van der Waals surface area contributed by atoms with Crippen LogP contribution in [0.3, 0.4) is 0 Å². The molecule has 0 aliphatic rings. The molecule has 1 atom stereocenters. The minimum atomic E-state index is -0.451. The second-order valence-corrected chi connectivity index (χ2v) is 8.62. The molecule has 4 rings (SSSR count). The Morgan fingerprint density at radius 1 is 0.971 bits per heavy atom. The summed E-state index contributed by atoms with van der Waals surface area (Å²) in [6, 6.07) is 20.3. The van der Waals surface area contributed by atoms with Crippen LogP contribution in [0.1, 0.15) is 42.4 Å². The molecule has 3 aromatic carbocycles. The number of aryl methyl sites for hydroxylation is 3. The second-order valence-electron chi connectivity index (χ2n) is 8.62. The Bertz CT molecular complexity index is 1390. The third-order valence-electron chi connectivity index (χ3n) is 6.25. The number of hydrogen-bond donors (Lipinski definition) is 1. The summed E-state index contributed by atoms with van der Waals surface area (Å²) in [6.45, 7) is 10.2. The number of nitrogens with zero attached hydrogens (tertiary/aromatic N) is 3. The molecule has 1 heterocycles. The third-order valence-corrected chi connectivity index (χ3v) is 6.25. The SMILES string of the molecule is CCN(C(=O)Nc1c(C)cccc1C)C(C)c1nc2ccccc2c(=O)n1-c1ccc(C)cc1. The van der Waals surface area contributed by atoms with Crippen molar-refractivity contribution >= 4 is 22.6 Å². The fraction of sp³-hybridized carbons (Fsp3) is 0.250. The molecule has 0 aliphatic heterocycles. The molecule has 4 aromatic rings. The highest BCUT2D eigenvalue weighted by atomic mass is 16.2. The van der Waals surface area contributed by atoms with Crippen LogP contribution >= 0.6 is 0 Å². The average molecular weight is 455 g/mol. The lowest BCUT2D eigenvalue weighted by Crippen LogP contribution is -2.40. The zero-order valence-corrected chi connectivity index (χ0v) is 20.3. The normalized spacial score (nSPS) is 11.9. The summed E-state index contributed by atoms with van der Waals surface area (Å²) in [5.41, 5.74) is 5.09. The van der Waals surface area contributed by atoms with Crippen molar-refractivity contribution in [2.45, 2.75) is 40.7 Å². The topological polar surface area (TPSA) is 67.2 Å². The summed E-state index contributed by atoms with van der Waals surface area (Å²) in [4.78, 5) is 33.6. The van der Waals surface area contributed by atoms with E-state index in [1.54, 1.807) is 15.5 Å². The summed E-state index contributed by atoms with van der Waals surface area (Å²) in [5.74, 6) is 0.519. The lowest BCUT2D eigenvalue weighted by atomic mass is 10.1. The molecule has 6 nitrogen and oxygen atoms in total. The summed E-state index contributed by atoms with van der Waals surface area (Å²) >= 11 is 0. The summed E-state index contributed by atoms with van der Waals surface area (Å²) in [6.07, 6.45) is 0. The molecule has 1 N–H and O–H groups in total. The van der Waals surface area contributed by atoms with Crippen LogP contribution in [-0.2, 0) is 0 Å². The number of carbonyl (C=O) groups excluding carboxylic acids is 1. The predicted molar refractivity (Wildman–Crippen MR) is 138 cm³/mol. The monoisotopic (exact) mass is 454 g/mol. The van der Waals surface area contributed by atoms with Crippen LogP contribution in [-0.4, -0.2) is 27.0 Å². The van der Waals surface area contributed by atoms with E-state index in [2.05, 4.69) is 5.32 Å². The first-order valence-corrected chi connectivity index (χ1v) is 11.5. The van der Waals surface area contributed by atoms with Crippen molar-refractivity contribution in [3.63, 3.8) is 0 Å². The van der Waals surface area contributed by atoms with Gasteiger partial charge in [-0.25, -0.2) is 9.78 Å². The van der Waals surface area contributed by atoms with Gasteiger partial charge in [0.1, 0.15) is 5.82 Å². The highest BCUT2D eigenvalue weighted by molar-refractivity contribution is 5.91. The maximum Gasteiger partial charge on any atom is 0.322 e. The van der Waals surface area contributed by atoms with Crippen LogP contribution in [0.4, 0.5) is 10.5 Å². The summed E-state index contributed by atoms with van der Waals surface area (Å²) < 4.78 is 1.63. The quantitative estimate of drug-likeness (QED) is 0.407. The fourth-order valence-corrected chi connectivity index (χ4v) is 4.30. The standard InChI is InChI=1S/C28H30N4O2/c1-6-31(28(34)30-25-19(3)10-9-11-20(25)4)21(5)26-29-24-13-8-7-12-23(24)27(33)32(26)22-16-14-18(2)15-17-22/h7-17,21H,6H2,1-5H3,(H,30,34). The average Bonchev–Trinajstić information content (AvgIpc) is 2.82. The number of nitrogens with one attached hydrogen (secondary N) is 1. The summed E-state index contributed by atoms with van der Waals surface area (Å²) in [5, 5.41) is 3.61. The minimum absolute atomic E-state index is 0.150. The van der Waals surface area contributed by atoms with E-state index >= 15 is 0 Å². The number of aromatic nitrogens is 2. The highest BCUT2D eigenvalue weighted by Gasteiger charge is 2.26. The minimum Gasteiger partial charge on any atom is -0.315 e. The Hall–Kier alpha value is -3.93. The van der Waals surface area contributed by atoms with Crippen molar-refractivity contribution in [1.29, 1.82) is 0 Å². The van der Waals surface area contributed by atoms with E-state index in [9.17, 15) is 9.59 Å². The maximum absolute atomic E-state index is 13.6. The number of fused-ring (bicyclic) bond motifs is 1. The molecular formula is C28H30N4O2. The van der Waals surface area contributed by atoms with E-state index in [1.807, 2.05) is 95.3 Å². The van der Waals surface area contributed by atoms with Gasteiger partial charge in [-0.1, -0.05) is 48.0 Å². The molecule has 0 fully saturated rings. The van der Waals surface area contributed by atoms with E-state index in [0.717, 1.165) is 28.1 Å². The smallest absolute Gasteiger partial charge is 0.315 e. The Kier molecular flexibility index (Phi) is 6.50. The van der Waals surface area contributed by atoms with Crippen LogP contribution in [0.2, 0.25) is 0 Å². The Balaban J connectivity index is 1.82. The van der Waals surface area contributed by atoms with Crippen LogP contribution in [0.25, 0.3) is 16.6 Å². The van der Waals surface area contributed by atoms with Crippen LogP contribution in [0.5, 0.6) is 0 Å². The molecule has 1 unspecified atom stereocenters. The maximum atomic E-state index is 13.6. The van der Waals surface area contributed by atoms with Crippen LogP contribution in [0.15, 0.2) is 71.5 Å². The molecule has 0 aliphatic carbocycles. The molecular weight excluding hydrogens is 424 g/mol. The molecule has 34 heavy (non-hydrogen) atoms. The van der Waals surface area contributed by atoms with E-state index in [-0.39, 0.29) is 11.6 Å². The van der Waals surface area contributed by atoms with Gasteiger partial charge < -0.3 is 10.2 Å². The van der Waals surface area contributed by atoms with Gasteiger partial charge in [0.15, 0.2) is 0 Å². The highest BCUT2D eigenvalue weighted by Crippen LogP contribution is 2.25. The number of carbonyl (C=O) groups is 1. The number of urea groups is 1. The van der Waals surface area contributed by atoms with Gasteiger partial charge in [0.05, 0.1) is 22.6 Å². The fourth-order valence-electron chi connectivity index (χ4n) is 4.30. The molecule has 0 saturated heterocycles. The number of amides is 2. The zero-order chi connectivity index (χ0) is 24.4. The van der Waals surface area contributed by atoms with Crippen molar-refractivity contribution < 1.29 is 4.79 Å². The van der Waals surface area contributed by atoms with Crippen molar-refractivity contribution in [2.24, 2.45) is 0 Å². The van der Waals surface area contributed by atoms with E-state index in [0.29, 0.717) is 23.3 Å². The van der Waals surface area contributed by atoms with E-state index < -0.39 is 6.04 Å². The van der Waals surface area contributed by atoms with Crippen molar-refractivity contribution in [3.8, 4) is 5.69 Å². The van der Waals surface area contributed by atoms with Crippen LogP contribution in [0, 0.1) is 20.8 Å². The van der Waals surface area contributed by atoms with E-state index in [4.69, 9.17) is 4.98 Å². The number of anilines is 1. The molecule has 6 heteroatoms. The third kappa shape index (κ3) is 4.31. The zero-order valence-electron chi connectivity index (χ0n) is 20.3. The molecule has 0 saturated carbocycles. The Morgan fingerprint density at radius 2 is 1.62 bits per heavy atom. The lowest BCUT2D eigenvalue weighted by molar-refractivity contribution is 0.193. The number of benzene rings is 3. The first-order chi connectivity index (χ1) is 16.3. The van der Waals surface area contributed by atoms with Gasteiger partial charge in [-0.2, -0.15) is 0 Å². The van der Waals surface area contributed by atoms with Crippen molar-refractivity contribution in [3.05, 3.63) is 99.6 Å². The van der Waals surface area contributed by atoms with Crippen molar-refractivity contribution in [2.75, 3.05) is 11.9 Å².